The summed E-state index contributed by atoms with van der Waals surface area (Å²) in [5.74, 6) is -2.30. The zero-order valence-corrected chi connectivity index (χ0v) is 18.0. The van der Waals surface area contributed by atoms with Gasteiger partial charge in [0.1, 0.15) is 11.5 Å². The number of rotatable bonds is 6. The van der Waals surface area contributed by atoms with Crippen molar-refractivity contribution in [3.63, 3.8) is 0 Å². The summed E-state index contributed by atoms with van der Waals surface area (Å²) in [5, 5.41) is 11.1. The molecule has 2 heterocycles. The monoisotopic (exact) mass is 448 g/mol. The van der Waals surface area contributed by atoms with E-state index in [1.165, 1.54) is 31.3 Å². The topological polar surface area (TPSA) is 89.0 Å². The maximum absolute atomic E-state index is 14.3. The summed E-state index contributed by atoms with van der Waals surface area (Å²) in [6, 6.07) is 13.3. The van der Waals surface area contributed by atoms with Gasteiger partial charge in [-0.2, -0.15) is 0 Å². The van der Waals surface area contributed by atoms with Crippen molar-refractivity contribution < 1.29 is 28.6 Å². The lowest BCUT2D eigenvalue weighted by Crippen LogP contribution is -2.29. The molecule has 7 nitrogen and oxygen atoms in total. The summed E-state index contributed by atoms with van der Waals surface area (Å²) in [5.41, 5.74) is 1.19. The molecule has 1 saturated heterocycles. The Morgan fingerprint density at radius 1 is 1.09 bits per heavy atom. The maximum Gasteiger partial charge on any atom is 0.295 e. The molecule has 1 aliphatic heterocycles. The molecular formula is C25H21FN2O5. The van der Waals surface area contributed by atoms with Crippen LogP contribution < -0.4 is 9.47 Å². The first-order valence-corrected chi connectivity index (χ1v) is 10.1. The number of aliphatic hydroxyl groups excluding tert-OH is 1. The van der Waals surface area contributed by atoms with E-state index in [9.17, 15) is 19.1 Å². The van der Waals surface area contributed by atoms with Gasteiger partial charge < -0.3 is 19.5 Å². The second-order valence-electron chi connectivity index (χ2n) is 7.41. The van der Waals surface area contributed by atoms with E-state index in [0.717, 1.165) is 6.07 Å². The predicted octanol–water partition coefficient (Wildman–Crippen LogP) is 3.86. The van der Waals surface area contributed by atoms with Crippen molar-refractivity contribution in [3.05, 3.63) is 95.1 Å². The van der Waals surface area contributed by atoms with Crippen molar-refractivity contribution >= 4 is 17.4 Å². The Hall–Kier alpha value is -4.20. The van der Waals surface area contributed by atoms with Crippen LogP contribution in [0.2, 0.25) is 0 Å². The number of likely N-dealkylation sites (tertiary alicyclic amines) is 1. The van der Waals surface area contributed by atoms with E-state index in [2.05, 4.69) is 4.98 Å². The highest BCUT2D eigenvalue weighted by Crippen LogP contribution is 2.41. The van der Waals surface area contributed by atoms with Crippen molar-refractivity contribution in [1.82, 2.24) is 9.88 Å². The Morgan fingerprint density at radius 2 is 1.91 bits per heavy atom. The van der Waals surface area contributed by atoms with Crippen LogP contribution in [-0.2, 0) is 16.1 Å². The highest BCUT2D eigenvalue weighted by Gasteiger charge is 2.46. The Labute approximate surface area is 189 Å². The lowest BCUT2D eigenvalue weighted by molar-refractivity contribution is -0.140. The van der Waals surface area contributed by atoms with Crippen LogP contribution in [0.3, 0.4) is 0 Å². The smallest absolute Gasteiger partial charge is 0.295 e. The van der Waals surface area contributed by atoms with Crippen molar-refractivity contribution in [1.29, 1.82) is 0 Å². The van der Waals surface area contributed by atoms with Gasteiger partial charge in [-0.05, 0) is 47.5 Å². The number of Topliss-reactive ketones (excluding diaryl/α,β-unsaturated/α-hetero) is 1. The molecule has 1 aromatic heterocycles. The number of benzene rings is 2. The minimum atomic E-state index is -0.912. The van der Waals surface area contributed by atoms with Crippen molar-refractivity contribution in [3.8, 4) is 11.5 Å². The predicted molar refractivity (Wildman–Crippen MR) is 118 cm³/mol. The maximum atomic E-state index is 14.3. The third kappa shape index (κ3) is 4.15. The summed E-state index contributed by atoms with van der Waals surface area (Å²) < 4.78 is 24.5. The van der Waals surface area contributed by atoms with Crippen LogP contribution in [0.1, 0.15) is 22.7 Å². The van der Waals surface area contributed by atoms with Gasteiger partial charge in [0.25, 0.3) is 11.7 Å². The summed E-state index contributed by atoms with van der Waals surface area (Å²) in [7, 11) is 2.83. The van der Waals surface area contributed by atoms with Crippen LogP contribution in [0.25, 0.3) is 5.76 Å². The van der Waals surface area contributed by atoms with Gasteiger partial charge >= 0.3 is 0 Å². The molecule has 1 N–H and O–H groups in total. The minimum absolute atomic E-state index is 0.00655. The van der Waals surface area contributed by atoms with E-state index in [4.69, 9.17) is 9.47 Å². The minimum Gasteiger partial charge on any atom is -0.507 e. The van der Waals surface area contributed by atoms with E-state index in [1.807, 2.05) is 0 Å². The quantitative estimate of drug-likeness (QED) is 0.350. The number of aliphatic hydroxyl groups is 1. The number of amides is 1. The molecule has 0 aliphatic carbocycles. The van der Waals surface area contributed by atoms with Crippen LogP contribution in [0, 0.1) is 5.82 Å². The zero-order chi connectivity index (χ0) is 23.5. The van der Waals surface area contributed by atoms with Gasteiger partial charge in [-0.15, -0.1) is 0 Å². The molecule has 2 aromatic carbocycles. The lowest BCUT2D eigenvalue weighted by Gasteiger charge is -2.25. The number of nitrogens with zero attached hydrogens (tertiary/aromatic N) is 2. The van der Waals surface area contributed by atoms with Gasteiger partial charge in [0.2, 0.25) is 0 Å². The number of pyridine rings is 1. The largest absolute Gasteiger partial charge is 0.507 e. The van der Waals surface area contributed by atoms with E-state index in [1.54, 1.807) is 48.8 Å². The van der Waals surface area contributed by atoms with Crippen LogP contribution in [0.5, 0.6) is 11.5 Å². The van der Waals surface area contributed by atoms with Crippen molar-refractivity contribution in [2.75, 3.05) is 14.2 Å². The third-order valence-electron chi connectivity index (χ3n) is 5.45. The number of ether oxygens (including phenoxy) is 2. The van der Waals surface area contributed by atoms with Crippen LogP contribution >= 0.6 is 0 Å². The average Bonchev–Trinajstić information content (AvgIpc) is 3.09. The Bertz CT molecular complexity index is 1240. The lowest BCUT2D eigenvalue weighted by atomic mass is 9.95. The van der Waals surface area contributed by atoms with Crippen LogP contribution in [-0.4, -0.2) is 40.9 Å². The number of halogens is 1. The average molecular weight is 448 g/mol. The number of hydrogen-bond acceptors (Lipinski definition) is 6. The molecular weight excluding hydrogens is 427 g/mol. The van der Waals surface area contributed by atoms with E-state index < -0.39 is 29.3 Å². The van der Waals surface area contributed by atoms with Gasteiger partial charge in [0, 0.05) is 24.5 Å². The first kappa shape index (κ1) is 22.0. The molecule has 1 unspecified atom stereocenters. The van der Waals surface area contributed by atoms with Gasteiger partial charge in [-0.25, -0.2) is 4.39 Å². The summed E-state index contributed by atoms with van der Waals surface area (Å²) in [4.78, 5) is 31.6. The third-order valence-corrected chi connectivity index (χ3v) is 5.45. The highest BCUT2D eigenvalue weighted by atomic mass is 19.1. The van der Waals surface area contributed by atoms with Gasteiger partial charge in [-0.3, -0.25) is 14.6 Å². The van der Waals surface area contributed by atoms with E-state index in [0.29, 0.717) is 16.9 Å². The molecule has 168 valence electrons. The standard InChI is InChI=1S/C25H21FN2O5/c1-32-18-7-3-6-16(11-18)22-21(23(29)17-8-9-20(33-2)19(26)12-17)24(30)25(31)28(22)14-15-5-4-10-27-13-15/h3-13,22,29H,14H2,1-2H3. The van der Waals surface area contributed by atoms with Gasteiger partial charge in [-0.1, -0.05) is 18.2 Å². The number of hydrogen-bond donors (Lipinski definition) is 1. The molecule has 1 aliphatic rings. The molecule has 4 rings (SSSR count). The fourth-order valence-corrected chi connectivity index (χ4v) is 3.86. The number of carbonyl (C=O) groups excluding carboxylic acids is 2. The molecule has 1 amide bonds. The zero-order valence-electron chi connectivity index (χ0n) is 18.0. The Morgan fingerprint density at radius 3 is 2.58 bits per heavy atom. The Balaban J connectivity index is 1.88. The van der Waals surface area contributed by atoms with Crippen LogP contribution in [0.15, 0.2) is 72.6 Å². The first-order valence-electron chi connectivity index (χ1n) is 10.1. The highest BCUT2D eigenvalue weighted by molar-refractivity contribution is 6.46. The van der Waals surface area contributed by atoms with Crippen molar-refractivity contribution in [2.45, 2.75) is 12.6 Å². The molecule has 0 saturated carbocycles. The summed E-state index contributed by atoms with van der Waals surface area (Å²) in [6.45, 7) is 0.0913. The molecule has 0 radical (unpaired) electrons. The van der Waals surface area contributed by atoms with Gasteiger partial charge in [0.15, 0.2) is 11.6 Å². The van der Waals surface area contributed by atoms with Gasteiger partial charge in [0.05, 0.1) is 25.8 Å². The molecule has 3 aromatic rings. The SMILES string of the molecule is COc1cccc(C2C(=C(O)c3ccc(OC)c(F)c3)C(=O)C(=O)N2Cc2cccnc2)c1. The fourth-order valence-electron chi connectivity index (χ4n) is 3.86. The summed E-state index contributed by atoms with van der Waals surface area (Å²) in [6.07, 6.45) is 3.20. The molecule has 0 spiro atoms. The molecule has 1 atom stereocenters. The number of aromatic nitrogens is 1. The molecule has 8 heteroatoms. The number of ketones is 1. The van der Waals surface area contributed by atoms with Crippen LogP contribution in [0.4, 0.5) is 4.39 Å². The molecule has 33 heavy (non-hydrogen) atoms. The first-order chi connectivity index (χ1) is 15.9. The fraction of sp³-hybridized carbons (Fsp3) is 0.160. The normalized spacial score (nSPS) is 17.3. The van der Waals surface area contributed by atoms with E-state index >= 15 is 0 Å². The second-order valence-corrected chi connectivity index (χ2v) is 7.41. The molecule has 0 bridgehead atoms. The summed E-state index contributed by atoms with van der Waals surface area (Å²) >= 11 is 0. The van der Waals surface area contributed by atoms with E-state index in [-0.39, 0.29) is 23.4 Å². The molecule has 1 fully saturated rings. The number of methoxy groups -OCH3 is 2. The Kier molecular flexibility index (Phi) is 6.08. The van der Waals surface area contributed by atoms with Crippen molar-refractivity contribution in [2.24, 2.45) is 0 Å². The second kappa shape index (κ2) is 9.12. The number of carbonyl (C=O) groups is 2.